The summed E-state index contributed by atoms with van der Waals surface area (Å²) < 4.78 is 13.2. The van der Waals surface area contributed by atoms with Gasteiger partial charge in [-0.25, -0.2) is 4.39 Å². The summed E-state index contributed by atoms with van der Waals surface area (Å²) in [4.78, 5) is 2.32. The predicted octanol–water partition coefficient (Wildman–Crippen LogP) is 2.27. The number of nitrogens with zero attached hydrogens (tertiary/aromatic N) is 1. The van der Waals surface area contributed by atoms with E-state index in [0.29, 0.717) is 6.04 Å². The zero-order chi connectivity index (χ0) is 11.5. The lowest BCUT2D eigenvalue weighted by Crippen LogP contribution is -2.48. The molecule has 0 radical (unpaired) electrons. The molecule has 0 amide bonds. The SMILES string of the molecule is C[C@@H]1CN(Cc2ccc(Cl)c(F)c2)CCN1. The Morgan fingerprint density at radius 2 is 2.38 bits per heavy atom. The second-order valence-corrected chi connectivity index (χ2v) is 4.75. The lowest BCUT2D eigenvalue weighted by Gasteiger charge is -2.31. The van der Waals surface area contributed by atoms with Gasteiger partial charge in [0.2, 0.25) is 0 Å². The van der Waals surface area contributed by atoms with Gasteiger partial charge in [0, 0.05) is 32.2 Å². The van der Waals surface area contributed by atoms with E-state index in [1.54, 1.807) is 6.07 Å². The van der Waals surface area contributed by atoms with Crippen LogP contribution in [0.3, 0.4) is 0 Å². The molecular weight excluding hydrogens is 227 g/mol. The van der Waals surface area contributed by atoms with Crippen molar-refractivity contribution in [3.8, 4) is 0 Å². The lowest BCUT2D eigenvalue weighted by atomic mass is 10.1. The molecule has 88 valence electrons. The van der Waals surface area contributed by atoms with Crippen LogP contribution in [0.15, 0.2) is 18.2 Å². The summed E-state index contributed by atoms with van der Waals surface area (Å²) >= 11 is 5.65. The van der Waals surface area contributed by atoms with Crippen molar-refractivity contribution in [1.82, 2.24) is 10.2 Å². The molecule has 1 fully saturated rings. The molecule has 1 aliphatic rings. The molecule has 1 aromatic carbocycles. The van der Waals surface area contributed by atoms with Crippen LogP contribution in [0.5, 0.6) is 0 Å². The van der Waals surface area contributed by atoms with Crippen molar-refractivity contribution in [3.05, 3.63) is 34.6 Å². The highest BCUT2D eigenvalue weighted by molar-refractivity contribution is 6.30. The van der Waals surface area contributed by atoms with Crippen LogP contribution in [-0.2, 0) is 6.54 Å². The summed E-state index contributed by atoms with van der Waals surface area (Å²) in [5.41, 5.74) is 0.982. The molecule has 2 rings (SSSR count). The van der Waals surface area contributed by atoms with E-state index >= 15 is 0 Å². The van der Waals surface area contributed by atoms with E-state index in [1.165, 1.54) is 6.07 Å². The molecule has 0 unspecified atom stereocenters. The van der Waals surface area contributed by atoms with Gasteiger partial charge in [0.25, 0.3) is 0 Å². The number of piperazine rings is 1. The average molecular weight is 243 g/mol. The maximum atomic E-state index is 13.2. The molecule has 0 spiro atoms. The van der Waals surface area contributed by atoms with Gasteiger partial charge in [-0.3, -0.25) is 4.90 Å². The van der Waals surface area contributed by atoms with E-state index in [1.807, 2.05) is 6.07 Å². The van der Waals surface area contributed by atoms with Crippen molar-refractivity contribution in [1.29, 1.82) is 0 Å². The highest BCUT2D eigenvalue weighted by Gasteiger charge is 2.15. The number of benzene rings is 1. The third-order valence-corrected chi connectivity index (χ3v) is 3.15. The van der Waals surface area contributed by atoms with Crippen molar-refractivity contribution < 1.29 is 4.39 Å². The van der Waals surface area contributed by atoms with Crippen LogP contribution in [0.4, 0.5) is 4.39 Å². The molecule has 1 N–H and O–H groups in total. The minimum atomic E-state index is -0.331. The van der Waals surface area contributed by atoms with Gasteiger partial charge in [-0.05, 0) is 24.6 Å². The molecular formula is C12H16ClFN2. The van der Waals surface area contributed by atoms with Crippen LogP contribution in [-0.4, -0.2) is 30.6 Å². The first kappa shape index (κ1) is 11.8. The smallest absolute Gasteiger partial charge is 0.142 e. The third kappa shape index (κ3) is 2.94. The van der Waals surface area contributed by atoms with E-state index in [-0.39, 0.29) is 10.8 Å². The maximum Gasteiger partial charge on any atom is 0.142 e. The Bertz CT molecular complexity index is 370. The van der Waals surface area contributed by atoms with E-state index in [0.717, 1.165) is 31.7 Å². The van der Waals surface area contributed by atoms with Gasteiger partial charge in [-0.2, -0.15) is 0 Å². The first-order valence-electron chi connectivity index (χ1n) is 5.55. The van der Waals surface area contributed by atoms with Crippen molar-refractivity contribution in [2.75, 3.05) is 19.6 Å². The highest BCUT2D eigenvalue weighted by atomic mass is 35.5. The summed E-state index contributed by atoms with van der Waals surface area (Å²) in [6, 6.07) is 5.54. The molecule has 1 aromatic rings. The van der Waals surface area contributed by atoms with E-state index in [4.69, 9.17) is 11.6 Å². The molecule has 1 saturated heterocycles. The fourth-order valence-electron chi connectivity index (χ4n) is 2.05. The molecule has 0 saturated carbocycles. The molecule has 0 aromatic heterocycles. The normalized spacial score (nSPS) is 22.3. The Balaban J connectivity index is 2.00. The Morgan fingerprint density at radius 1 is 1.56 bits per heavy atom. The summed E-state index contributed by atoms with van der Waals surface area (Å²) in [5.74, 6) is -0.331. The van der Waals surface area contributed by atoms with Crippen LogP contribution in [0.1, 0.15) is 12.5 Å². The van der Waals surface area contributed by atoms with Crippen LogP contribution in [0, 0.1) is 5.82 Å². The number of halogens is 2. The third-order valence-electron chi connectivity index (χ3n) is 2.84. The van der Waals surface area contributed by atoms with Crippen molar-refractivity contribution in [3.63, 3.8) is 0 Å². The van der Waals surface area contributed by atoms with Gasteiger partial charge in [0.15, 0.2) is 0 Å². The summed E-state index contributed by atoms with van der Waals surface area (Å²) in [6.45, 7) is 5.96. The number of nitrogens with one attached hydrogen (secondary N) is 1. The first-order valence-corrected chi connectivity index (χ1v) is 5.92. The zero-order valence-electron chi connectivity index (χ0n) is 9.34. The van der Waals surface area contributed by atoms with Gasteiger partial charge in [-0.15, -0.1) is 0 Å². The largest absolute Gasteiger partial charge is 0.312 e. The topological polar surface area (TPSA) is 15.3 Å². The van der Waals surface area contributed by atoms with Crippen molar-refractivity contribution >= 4 is 11.6 Å². The van der Waals surface area contributed by atoms with Gasteiger partial charge in [-0.1, -0.05) is 17.7 Å². The molecule has 16 heavy (non-hydrogen) atoms. The van der Waals surface area contributed by atoms with E-state index in [9.17, 15) is 4.39 Å². The fourth-order valence-corrected chi connectivity index (χ4v) is 2.17. The standard InChI is InChI=1S/C12H16ClFN2/c1-9-7-16(5-4-15-9)8-10-2-3-11(13)12(14)6-10/h2-3,6,9,15H,4-5,7-8H2,1H3/t9-/m1/s1. The van der Waals surface area contributed by atoms with E-state index in [2.05, 4.69) is 17.1 Å². The molecule has 2 nitrogen and oxygen atoms in total. The quantitative estimate of drug-likeness (QED) is 0.856. The molecule has 1 atom stereocenters. The second kappa shape index (κ2) is 5.13. The highest BCUT2D eigenvalue weighted by Crippen LogP contribution is 2.17. The molecule has 0 bridgehead atoms. The fraction of sp³-hybridized carbons (Fsp3) is 0.500. The Kier molecular flexibility index (Phi) is 3.79. The molecule has 1 heterocycles. The van der Waals surface area contributed by atoms with Gasteiger partial charge < -0.3 is 5.32 Å². The van der Waals surface area contributed by atoms with E-state index < -0.39 is 0 Å². The number of rotatable bonds is 2. The molecule has 4 heteroatoms. The molecule has 1 aliphatic heterocycles. The number of hydrogen-bond donors (Lipinski definition) is 1. The Labute approximate surface area is 100 Å². The van der Waals surface area contributed by atoms with Gasteiger partial charge in [0.05, 0.1) is 5.02 Å². The number of hydrogen-bond acceptors (Lipinski definition) is 2. The second-order valence-electron chi connectivity index (χ2n) is 4.34. The monoisotopic (exact) mass is 242 g/mol. The minimum Gasteiger partial charge on any atom is -0.312 e. The Hall–Kier alpha value is -0.640. The predicted molar refractivity (Wildman–Crippen MR) is 64.2 cm³/mol. The van der Waals surface area contributed by atoms with Crippen LogP contribution >= 0.6 is 11.6 Å². The first-order chi connectivity index (χ1) is 7.65. The van der Waals surface area contributed by atoms with Crippen LogP contribution in [0.2, 0.25) is 5.02 Å². The van der Waals surface area contributed by atoms with Crippen LogP contribution < -0.4 is 5.32 Å². The van der Waals surface area contributed by atoms with Crippen molar-refractivity contribution in [2.24, 2.45) is 0 Å². The lowest BCUT2D eigenvalue weighted by molar-refractivity contribution is 0.199. The van der Waals surface area contributed by atoms with Crippen LogP contribution in [0.25, 0.3) is 0 Å². The van der Waals surface area contributed by atoms with Gasteiger partial charge in [0.1, 0.15) is 5.82 Å². The zero-order valence-corrected chi connectivity index (χ0v) is 10.1. The maximum absolute atomic E-state index is 13.2. The summed E-state index contributed by atoms with van der Waals surface area (Å²) in [7, 11) is 0. The Morgan fingerprint density at radius 3 is 3.06 bits per heavy atom. The molecule has 0 aliphatic carbocycles. The minimum absolute atomic E-state index is 0.192. The average Bonchev–Trinajstić information content (AvgIpc) is 2.24. The summed E-state index contributed by atoms with van der Waals surface area (Å²) in [6.07, 6.45) is 0. The van der Waals surface area contributed by atoms with Gasteiger partial charge >= 0.3 is 0 Å². The summed E-state index contributed by atoms with van der Waals surface area (Å²) in [5, 5.41) is 3.57. The van der Waals surface area contributed by atoms with Crippen molar-refractivity contribution in [2.45, 2.75) is 19.5 Å².